The molecular formula is C10H12FNOS. The van der Waals surface area contributed by atoms with Gasteiger partial charge in [0.15, 0.2) is 0 Å². The van der Waals surface area contributed by atoms with E-state index in [9.17, 15) is 9.18 Å². The molecule has 0 aromatic heterocycles. The average molecular weight is 213 g/mol. The summed E-state index contributed by atoms with van der Waals surface area (Å²) in [5.41, 5.74) is 1.37. The molecular weight excluding hydrogens is 201 g/mol. The lowest BCUT2D eigenvalue weighted by molar-refractivity contribution is -0.115. The van der Waals surface area contributed by atoms with Crippen LogP contribution >= 0.6 is 12.6 Å². The van der Waals surface area contributed by atoms with Gasteiger partial charge in [0.1, 0.15) is 5.82 Å². The zero-order valence-electron chi connectivity index (χ0n) is 7.88. The molecule has 1 rings (SSSR count). The number of amides is 1. The van der Waals surface area contributed by atoms with Crippen LogP contribution in [0.2, 0.25) is 0 Å². The number of carbonyl (C=O) groups excluding carboxylic acids is 1. The first kappa shape index (κ1) is 11.0. The van der Waals surface area contributed by atoms with Crippen molar-refractivity contribution in [1.82, 2.24) is 0 Å². The Morgan fingerprint density at radius 3 is 2.93 bits per heavy atom. The molecule has 0 saturated heterocycles. The molecule has 14 heavy (non-hydrogen) atoms. The summed E-state index contributed by atoms with van der Waals surface area (Å²) < 4.78 is 12.8. The first-order valence-electron chi connectivity index (χ1n) is 4.30. The predicted octanol–water partition coefficient (Wildman–Crippen LogP) is 2.39. The van der Waals surface area contributed by atoms with E-state index in [0.717, 1.165) is 5.56 Å². The second-order valence-electron chi connectivity index (χ2n) is 2.98. The van der Waals surface area contributed by atoms with Crippen molar-refractivity contribution in [3.05, 3.63) is 29.6 Å². The van der Waals surface area contributed by atoms with Gasteiger partial charge in [-0.1, -0.05) is 6.07 Å². The van der Waals surface area contributed by atoms with E-state index in [1.807, 2.05) is 6.92 Å². The third-order valence-corrected chi connectivity index (χ3v) is 2.04. The molecule has 76 valence electrons. The third-order valence-electron chi connectivity index (χ3n) is 1.81. The fourth-order valence-electron chi connectivity index (χ4n) is 1.04. The third kappa shape index (κ3) is 3.03. The second-order valence-corrected chi connectivity index (χ2v) is 3.43. The van der Waals surface area contributed by atoms with Gasteiger partial charge in [-0.05, 0) is 30.4 Å². The van der Waals surface area contributed by atoms with Crippen molar-refractivity contribution < 1.29 is 9.18 Å². The van der Waals surface area contributed by atoms with Crippen LogP contribution in [0.1, 0.15) is 12.0 Å². The van der Waals surface area contributed by atoms with Crippen LogP contribution in [0.25, 0.3) is 0 Å². The van der Waals surface area contributed by atoms with E-state index in [0.29, 0.717) is 17.9 Å². The molecule has 0 spiro atoms. The van der Waals surface area contributed by atoms with Crippen molar-refractivity contribution in [3.8, 4) is 0 Å². The standard InChI is InChI=1S/C10H12FNOS/c1-7-2-3-8(11)6-9(7)12-10(13)4-5-14/h2-3,6,14H,4-5H2,1H3,(H,12,13). The van der Waals surface area contributed by atoms with Crippen molar-refractivity contribution in [1.29, 1.82) is 0 Å². The Balaban J connectivity index is 2.75. The van der Waals surface area contributed by atoms with E-state index in [2.05, 4.69) is 17.9 Å². The van der Waals surface area contributed by atoms with Gasteiger partial charge in [0.2, 0.25) is 5.91 Å². The van der Waals surface area contributed by atoms with E-state index in [1.165, 1.54) is 12.1 Å². The molecule has 0 atom stereocenters. The Bertz CT molecular complexity index is 341. The number of carbonyl (C=O) groups is 1. The van der Waals surface area contributed by atoms with Gasteiger partial charge in [0, 0.05) is 12.1 Å². The molecule has 1 amide bonds. The smallest absolute Gasteiger partial charge is 0.225 e. The lowest BCUT2D eigenvalue weighted by Gasteiger charge is -2.07. The van der Waals surface area contributed by atoms with E-state index in [-0.39, 0.29) is 11.7 Å². The summed E-state index contributed by atoms with van der Waals surface area (Å²) in [4.78, 5) is 11.2. The molecule has 0 aliphatic rings. The quantitative estimate of drug-likeness (QED) is 0.742. The summed E-state index contributed by atoms with van der Waals surface area (Å²) in [6, 6.07) is 4.31. The van der Waals surface area contributed by atoms with Gasteiger partial charge < -0.3 is 5.32 Å². The average Bonchev–Trinajstić information content (AvgIpc) is 2.12. The number of halogens is 1. The monoisotopic (exact) mass is 213 g/mol. The summed E-state index contributed by atoms with van der Waals surface area (Å²) in [6.07, 6.45) is 0.332. The first-order chi connectivity index (χ1) is 6.63. The number of anilines is 1. The molecule has 0 radical (unpaired) electrons. The largest absolute Gasteiger partial charge is 0.326 e. The molecule has 0 fully saturated rings. The summed E-state index contributed by atoms with van der Waals surface area (Å²) in [5.74, 6) is -0.00863. The Hall–Kier alpha value is -1.03. The maximum Gasteiger partial charge on any atom is 0.225 e. The van der Waals surface area contributed by atoms with Gasteiger partial charge in [-0.3, -0.25) is 4.79 Å². The van der Waals surface area contributed by atoms with E-state index in [4.69, 9.17) is 0 Å². The molecule has 1 aromatic rings. The van der Waals surface area contributed by atoms with Crippen molar-refractivity contribution in [2.24, 2.45) is 0 Å². The minimum absolute atomic E-state index is 0.145. The van der Waals surface area contributed by atoms with Crippen LogP contribution in [-0.2, 0) is 4.79 Å². The van der Waals surface area contributed by atoms with E-state index >= 15 is 0 Å². The van der Waals surface area contributed by atoms with E-state index < -0.39 is 0 Å². The van der Waals surface area contributed by atoms with Crippen molar-refractivity contribution in [3.63, 3.8) is 0 Å². The number of hydrogen-bond acceptors (Lipinski definition) is 2. The van der Waals surface area contributed by atoms with Gasteiger partial charge in [0.25, 0.3) is 0 Å². The first-order valence-corrected chi connectivity index (χ1v) is 4.93. The lowest BCUT2D eigenvalue weighted by Crippen LogP contribution is -2.12. The SMILES string of the molecule is Cc1ccc(F)cc1NC(=O)CCS. The summed E-state index contributed by atoms with van der Waals surface area (Å²) >= 11 is 3.94. The van der Waals surface area contributed by atoms with Crippen LogP contribution in [0.5, 0.6) is 0 Å². The molecule has 0 unspecified atom stereocenters. The molecule has 1 N–H and O–H groups in total. The van der Waals surface area contributed by atoms with Crippen LogP contribution in [0, 0.1) is 12.7 Å². The number of hydrogen-bond donors (Lipinski definition) is 2. The molecule has 1 aromatic carbocycles. The van der Waals surface area contributed by atoms with Crippen molar-refractivity contribution in [2.75, 3.05) is 11.1 Å². The summed E-state index contributed by atoms with van der Waals surface area (Å²) in [6.45, 7) is 1.82. The maximum absolute atomic E-state index is 12.8. The zero-order valence-corrected chi connectivity index (χ0v) is 8.77. The van der Waals surface area contributed by atoms with Crippen LogP contribution in [0.4, 0.5) is 10.1 Å². The van der Waals surface area contributed by atoms with Crippen LogP contribution in [-0.4, -0.2) is 11.7 Å². The highest BCUT2D eigenvalue weighted by Gasteiger charge is 2.04. The maximum atomic E-state index is 12.8. The zero-order chi connectivity index (χ0) is 10.6. The molecule has 0 saturated carbocycles. The Labute approximate surface area is 87.9 Å². The fourth-order valence-corrected chi connectivity index (χ4v) is 1.25. The number of benzene rings is 1. The van der Waals surface area contributed by atoms with Gasteiger partial charge in [-0.25, -0.2) is 4.39 Å². The molecule has 0 heterocycles. The Morgan fingerprint density at radius 2 is 2.29 bits per heavy atom. The van der Waals surface area contributed by atoms with Crippen molar-refractivity contribution >= 4 is 24.2 Å². The van der Waals surface area contributed by atoms with Crippen LogP contribution in [0.15, 0.2) is 18.2 Å². The molecule has 0 bridgehead atoms. The highest BCUT2D eigenvalue weighted by Crippen LogP contribution is 2.15. The number of rotatable bonds is 3. The van der Waals surface area contributed by atoms with Gasteiger partial charge in [-0.15, -0.1) is 0 Å². The van der Waals surface area contributed by atoms with Crippen molar-refractivity contribution in [2.45, 2.75) is 13.3 Å². The summed E-state index contributed by atoms with van der Waals surface area (Å²) in [5, 5.41) is 2.62. The lowest BCUT2D eigenvalue weighted by atomic mass is 10.2. The minimum atomic E-state index is -0.350. The highest BCUT2D eigenvalue weighted by atomic mass is 32.1. The fraction of sp³-hybridized carbons (Fsp3) is 0.300. The Kier molecular flexibility index (Phi) is 3.95. The molecule has 4 heteroatoms. The second kappa shape index (κ2) is 5.00. The van der Waals surface area contributed by atoms with Gasteiger partial charge >= 0.3 is 0 Å². The number of thiol groups is 1. The Morgan fingerprint density at radius 1 is 1.57 bits per heavy atom. The topological polar surface area (TPSA) is 29.1 Å². The van der Waals surface area contributed by atoms with Crippen LogP contribution < -0.4 is 5.32 Å². The van der Waals surface area contributed by atoms with Gasteiger partial charge in [0.05, 0.1) is 0 Å². The predicted molar refractivity (Wildman–Crippen MR) is 58.2 cm³/mol. The van der Waals surface area contributed by atoms with Gasteiger partial charge in [-0.2, -0.15) is 12.6 Å². The minimum Gasteiger partial charge on any atom is -0.326 e. The van der Waals surface area contributed by atoms with Crippen LogP contribution in [0.3, 0.4) is 0 Å². The normalized spacial score (nSPS) is 9.93. The molecule has 0 aliphatic heterocycles. The number of aryl methyl sites for hydroxylation is 1. The highest BCUT2D eigenvalue weighted by molar-refractivity contribution is 7.80. The molecule has 0 aliphatic carbocycles. The summed E-state index contributed by atoms with van der Waals surface area (Å²) in [7, 11) is 0. The molecule has 2 nitrogen and oxygen atoms in total. The number of nitrogens with one attached hydrogen (secondary N) is 1. The van der Waals surface area contributed by atoms with E-state index in [1.54, 1.807) is 6.07 Å².